The molecule has 1 amide bonds. The van der Waals surface area contributed by atoms with Gasteiger partial charge in [0, 0.05) is 11.6 Å². The minimum Gasteiger partial charge on any atom is -0.507 e. The SMILES string of the molecule is CCOC1=NN(c2ccccc2)C(=O)C1=Cc1ccc(OC)cc1O. The van der Waals surface area contributed by atoms with E-state index in [9.17, 15) is 9.90 Å². The number of hydrogen-bond donors (Lipinski definition) is 1. The fourth-order valence-electron chi connectivity index (χ4n) is 2.43. The lowest BCUT2D eigenvalue weighted by Crippen LogP contribution is -2.21. The number of phenols is 1. The summed E-state index contributed by atoms with van der Waals surface area (Å²) in [5.41, 5.74) is 1.41. The number of hydrogen-bond acceptors (Lipinski definition) is 5. The average molecular weight is 338 g/mol. The van der Waals surface area contributed by atoms with E-state index in [1.807, 2.05) is 25.1 Å². The summed E-state index contributed by atoms with van der Waals surface area (Å²) in [5, 5.41) is 15.7. The molecule has 0 fully saturated rings. The molecular formula is C19H18N2O4. The molecule has 2 aromatic rings. The maximum Gasteiger partial charge on any atom is 0.284 e. The third kappa shape index (κ3) is 3.33. The zero-order valence-corrected chi connectivity index (χ0v) is 14.0. The highest BCUT2D eigenvalue weighted by Crippen LogP contribution is 2.29. The van der Waals surface area contributed by atoms with Crippen molar-refractivity contribution in [3.8, 4) is 11.5 Å². The molecule has 0 atom stereocenters. The molecule has 0 saturated carbocycles. The first-order valence-electron chi connectivity index (χ1n) is 7.84. The Labute approximate surface area is 145 Å². The van der Waals surface area contributed by atoms with Crippen LogP contribution >= 0.6 is 0 Å². The molecule has 1 heterocycles. The smallest absolute Gasteiger partial charge is 0.284 e. The summed E-state index contributed by atoms with van der Waals surface area (Å²) in [6.07, 6.45) is 1.56. The third-order valence-corrected chi connectivity index (χ3v) is 3.66. The lowest BCUT2D eigenvalue weighted by Gasteiger charge is -2.10. The predicted molar refractivity (Wildman–Crippen MR) is 95.6 cm³/mol. The van der Waals surface area contributed by atoms with Crippen LogP contribution in [0.1, 0.15) is 12.5 Å². The Morgan fingerprint density at radius 2 is 1.96 bits per heavy atom. The summed E-state index contributed by atoms with van der Waals surface area (Å²) >= 11 is 0. The van der Waals surface area contributed by atoms with E-state index in [0.717, 1.165) is 0 Å². The van der Waals surface area contributed by atoms with Crippen molar-refractivity contribution in [2.24, 2.45) is 5.10 Å². The lowest BCUT2D eigenvalue weighted by molar-refractivity contribution is -0.114. The first kappa shape index (κ1) is 16.6. The Hall–Kier alpha value is -3.28. The molecule has 1 N–H and O–H groups in total. The van der Waals surface area contributed by atoms with Crippen LogP contribution in [0.2, 0.25) is 0 Å². The molecule has 3 rings (SSSR count). The van der Waals surface area contributed by atoms with Gasteiger partial charge in [-0.2, -0.15) is 5.01 Å². The normalized spacial score (nSPS) is 15.4. The van der Waals surface area contributed by atoms with Crippen LogP contribution in [0.25, 0.3) is 6.08 Å². The van der Waals surface area contributed by atoms with Gasteiger partial charge >= 0.3 is 0 Å². The predicted octanol–water partition coefficient (Wildman–Crippen LogP) is 3.18. The second-order valence-electron chi connectivity index (χ2n) is 5.27. The Bertz CT molecular complexity index is 844. The molecule has 0 spiro atoms. The van der Waals surface area contributed by atoms with Gasteiger partial charge in [0.05, 0.1) is 19.4 Å². The fourth-order valence-corrected chi connectivity index (χ4v) is 2.43. The van der Waals surface area contributed by atoms with Crippen LogP contribution in [-0.4, -0.2) is 30.6 Å². The van der Waals surface area contributed by atoms with Crippen molar-refractivity contribution in [2.45, 2.75) is 6.92 Å². The van der Waals surface area contributed by atoms with Crippen LogP contribution in [0.5, 0.6) is 11.5 Å². The molecule has 6 nitrogen and oxygen atoms in total. The number of hydrazone groups is 1. The van der Waals surface area contributed by atoms with E-state index in [1.165, 1.54) is 18.2 Å². The van der Waals surface area contributed by atoms with Gasteiger partial charge in [0.15, 0.2) is 0 Å². The number of amides is 1. The van der Waals surface area contributed by atoms with E-state index < -0.39 is 0 Å². The van der Waals surface area contributed by atoms with Crippen LogP contribution in [0.3, 0.4) is 0 Å². The third-order valence-electron chi connectivity index (χ3n) is 3.66. The molecular weight excluding hydrogens is 320 g/mol. The number of para-hydroxylation sites is 1. The quantitative estimate of drug-likeness (QED) is 0.869. The minimum absolute atomic E-state index is 0.00802. The van der Waals surface area contributed by atoms with Gasteiger partial charge in [0.1, 0.15) is 17.1 Å². The second-order valence-corrected chi connectivity index (χ2v) is 5.27. The van der Waals surface area contributed by atoms with Crippen molar-refractivity contribution in [1.82, 2.24) is 0 Å². The summed E-state index contributed by atoms with van der Waals surface area (Å²) in [7, 11) is 1.52. The highest BCUT2D eigenvalue weighted by atomic mass is 16.5. The molecule has 0 bridgehead atoms. The second kappa shape index (κ2) is 7.09. The first-order valence-corrected chi connectivity index (χ1v) is 7.84. The molecule has 128 valence electrons. The van der Waals surface area contributed by atoms with Gasteiger partial charge in [-0.15, -0.1) is 5.10 Å². The largest absolute Gasteiger partial charge is 0.507 e. The van der Waals surface area contributed by atoms with E-state index in [1.54, 1.807) is 30.3 Å². The number of rotatable bonds is 4. The Kier molecular flexibility index (Phi) is 4.70. The number of carbonyl (C=O) groups excluding carboxylic acids is 1. The summed E-state index contributed by atoms with van der Waals surface area (Å²) in [6.45, 7) is 2.20. The number of nitrogens with zero attached hydrogens (tertiary/aromatic N) is 2. The van der Waals surface area contributed by atoms with Gasteiger partial charge in [-0.1, -0.05) is 18.2 Å². The monoisotopic (exact) mass is 338 g/mol. The van der Waals surface area contributed by atoms with Crippen LogP contribution in [-0.2, 0) is 9.53 Å². The Morgan fingerprint density at radius 3 is 2.60 bits per heavy atom. The maximum atomic E-state index is 12.8. The molecule has 1 aliphatic rings. The van der Waals surface area contributed by atoms with Gasteiger partial charge in [-0.25, -0.2) is 0 Å². The van der Waals surface area contributed by atoms with Crippen molar-refractivity contribution in [2.75, 3.05) is 18.7 Å². The van der Waals surface area contributed by atoms with E-state index in [4.69, 9.17) is 9.47 Å². The standard InChI is InChI=1S/C19H18N2O4/c1-3-25-18-16(11-13-9-10-15(24-2)12-17(13)22)19(23)21(20-18)14-7-5-4-6-8-14/h4-12,22H,3H2,1-2H3. The number of methoxy groups -OCH3 is 1. The number of anilines is 1. The zero-order valence-electron chi connectivity index (χ0n) is 14.0. The van der Waals surface area contributed by atoms with Crippen LogP contribution in [0, 0.1) is 0 Å². The molecule has 6 heteroatoms. The molecule has 1 aliphatic heterocycles. The highest BCUT2D eigenvalue weighted by molar-refractivity contribution is 6.30. The lowest BCUT2D eigenvalue weighted by atomic mass is 10.1. The summed E-state index contributed by atoms with van der Waals surface area (Å²) in [4.78, 5) is 12.8. The molecule has 2 aromatic carbocycles. The van der Waals surface area contributed by atoms with E-state index in [2.05, 4.69) is 5.10 Å². The van der Waals surface area contributed by atoms with Gasteiger partial charge in [-0.3, -0.25) is 4.79 Å². The topological polar surface area (TPSA) is 71.4 Å². The first-order chi connectivity index (χ1) is 12.1. The number of benzene rings is 2. The van der Waals surface area contributed by atoms with E-state index in [0.29, 0.717) is 23.6 Å². The number of phenolic OH excluding ortho intramolecular Hbond substituents is 1. The van der Waals surface area contributed by atoms with Crippen molar-refractivity contribution in [3.63, 3.8) is 0 Å². The van der Waals surface area contributed by atoms with Crippen molar-refractivity contribution in [3.05, 3.63) is 59.7 Å². The summed E-state index contributed by atoms with van der Waals surface area (Å²) in [6, 6.07) is 14.0. The van der Waals surface area contributed by atoms with Gasteiger partial charge in [-0.05, 0) is 37.3 Å². The molecule has 0 radical (unpaired) electrons. The molecule has 0 aliphatic carbocycles. The van der Waals surface area contributed by atoms with E-state index >= 15 is 0 Å². The summed E-state index contributed by atoms with van der Waals surface area (Å²) in [5.74, 6) is 0.451. The minimum atomic E-state index is -0.315. The summed E-state index contributed by atoms with van der Waals surface area (Å²) < 4.78 is 10.6. The van der Waals surface area contributed by atoms with Crippen molar-refractivity contribution in [1.29, 1.82) is 0 Å². The average Bonchev–Trinajstić information content (AvgIpc) is 2.94. The Balaban J connectivity index is 2.00. The fraction of sp³-hybridized carbons (Fsp3) is 0.158. The maximum absolute atomic E-state index is 12.8. The van der Waals surface area contributed by atoms with Crippen LogP contribution < -0.4 is 9.75 Å². The van der Waals surface area contributed by atoms with E-state index in [-0.39, 0.29) is 23.1 Å². The number of aromatic hydroxyl groups is 1. The molecule has 0 saturated heterocycles. The number of carbonyl (C=O) groups is 1. The molecule has 0 unspecified atom stereocenters. The molecule has 0 aromatic heterocycles. The number of ether oxygens (including phenoxy) is 2. The van der Waals surface area contributed by atoms with Gasteiger partial charge in [0.25, 0.3) is 5.91 Å². The highest BCUT2D eigenvalue weighted by Gasteiger charge is 2.32. The molecule has 25 heavy (non-hydrogen) atoms. The van der Waals surface area contributed by atoms with Crippen molar-refractivity contribution < 1.29 is 19.4 Å². The van der Waals surface area contributed by atoms with Gasteiger partial charge < -0.3 is 14.6 Å². The zero-order chi connectivity index (χ0) is 17.8. The Morgan fingerprint density at radius 1 is 1.20 bits per heavy atom. The van der Waals surface area contributed by atoms with Crippen LogP contribution in [0.15, 0.2) is 59.2 Å². The van der Waals surface area contributed by atoms with Crippen molar-refractivity contribution >= 4 is 23.6 Å². The van der Waals surface area contributed by atoms with Crippen LogP contribution in [0.4, 0.5) is 5.69 Å². The van der Waals surface area contributed by atoms with Gasteiger partial charge in [0.2, 0.25) is 5.90 Å².